The molecule has 0 spiro atoms. The first-order chi connectivity index (χ1) is 30.2. The Hall–Kier alpha value is -7.94. The molecule has 0 aliphatic rings. The third-order valence-electron chi connectivity index (χ3n) is 12.1. The van der Waals surface area contributed by atoms with Crippen LogP contribution in [0.5, 0.6) is 0 Å². The van der Waals surface area contributed by atoms with Crippen LogP contribution in [0.4, 0.5) is 17.1 Å². The van der Waals surface area contributed by atoms with E-state index in [4.69, 9.17) is 0 Å². The van der Waals surface area contributed by atoms with E-state index in [1.807, 2.05) is 0 Å². The predicted molar refractivity (Wildman–Crippen MR) is 259 cm³/mol. The highest BCUT2D eigenvalue weighted by molar-refractivity contribution is 6.17. The van der Waals surface area contributed by atoms with E-state index in [1.165, 1.54) is 66.0 Å². The van der Waals surface area contributed by atoms with E-state index in [2.05, 4.69) is 253 Å². The smallest absolute Gasteiger partial charge is 0.0562 e. The fourth-order valence-electron chi connectivity index (χ4n) is 9.23. The second-order valence-electron chi connectivity index (χ2n) is 15.8. The van der Waals surface area contributed by atoms with Gasteiger partial charge >= 0.3 is 0 Å². The highest BCUT2D eigenvalue weighted by Gasteiger charge is 2.24. The molecule has 288 valence electrons. The fraction of sp³-hybridized carbons (Fsp3) is 0.0169. The molecule has 10 aromatic carbocycles. The largest absolute Gasteiger partial charge is 0.309 e. The van der Waals surface area contributed by atoms with Crippen molar-refractivity contribution in [1.82, 2.24) is 4.57 Å². The molecule has 0 aliphatic heterocycles. The molecule has 0 unspecified atom stereocenters. The lowest BCUT2D eigenvalue weighted by molar-refractivity contribution is 1.17. The Morgan fingerprint density at radius 2 is 0.902 bits per heavy atom. The molecular formula is C59H42N2. The molecule has 0 amide bonds. The molecule has 0 saturated heterocycles. The second kappa shape index (κ2) is 15.3. The minimum atomic E-state index is 1.09. The van der Waals surface area contributed by atoms with Crippen molar-refractivity contribution in [2.24, 2.45) is 0 Å². The first-order valence-electron chi connectivity index (χ1n) is 21.0. The summed E-state index contributed by atoms with van der Waals surface area (Å²) >= 11 is 0. The lowest BCUT2D eigenvalue weighted by atomic mass is 9.96. The number of hydrogen-bond donors (Lipinski definition) is 0. The normalized spacial score (nSPS) is 11.4. The number of nitrogens with zero attached hydrogens (tertiary/aromatic N) is 2. The minimum Gasteiger partial charge on any atom is -0.309 e. The van der Waals surface area contributed by atoms with Crippen LogP contribution in [-0.4, -0.2) is 4.57 Å². The molecule has 0 atom stereocenters. The van der Waals surface area contributed by atoms with Gasteiger partial charge in [0.1, 0.15) is 0 Å². The van der Waals surface area contributed by atoms with Crippen molar-refractivity contribution >= 4 is 49.6 Å². The molecule has 2 heteroatoms. The first-order valence-corrected chi connectivity index (χ1v) is 21.0. The van der Waals surface area contributed by atoms with Crippen molar-refractivity contribution in [1.29, 1.82) is 0 Å². The topological polar surface area (TPSA) is 8.17 Å². The van der Waals surface area contributed by atoms with Gasteiger partial charge in [0.2, 0.25) is 0 Å². The predicted octanol–water partition coefficient (Wildman–Crippen LogP) is 16.4. The Kier molecular flexibility index (Phi) is 9.09. The van der Waals surface area contributed by atoms with Crippen LogP contribution in [0.1, 0.15) is 5.56 Å². The van der Waals surface area contributed by atoms with Gasteiger partial charge in [0, 0.05) is 27.6 Å². The molecule has 0 aliphatic carbocycles. The Labute approximate surface area is 356 Å². The monoisotopic (exact) mass is 778 g/mol. The number of hydrogen-bond acceptors (Lipinski definition) is 1. The van der Waals surface area contributed by atoms with Crippen molar-refractivity contribution in [3.8, 4) is 50.2 Å². The zero-order chi connectivity index (χ0) is 40.7. The van der Waals surface area contributed by atoms with Crippen molar-refractivity contribution in [3.05, 3.63) is 242 Å². The summed E-state index contributed by atoms with van der Waals surface area (Å²) in [7, 11) is 0. The highest BCUT2D eigenvalue weighted by Crippen LogP contribution is 2.48. The molecule has 11 rings (SSSR count). The van der Waals surface area contributed by atoms with E-state index >= 15 is 0 Å². The van der Waals surface area contributed by atoms with Crippen LogP contribution in [0.2, 0.25) is 0 Å². The van der Waals surface area contributed by atoms with E-state index in [-0.39, 0.29) is 0 Å². The maximum atomic E-state index is 2.48. The van der Waals surface area contributed by atoms with Crippen molar-refractivity contribution in [2.75, 3.05) is 4.90 Å². The molecule has 0 N–H and O–H groups in total. The van der Waals surface area contributed by atoms with Gasteiger partial charge in [-0.1, -0.05) is 188 Å². The Bertz CT molecular complexity index is 3340. The number of rotatable bonds is 8. The van der Waals surface area contributed by atoms with Gasteiger partial charge in [-0.2, -0.15) is 0 Å². The van der Waals surface area contributed by atoms with Gasteiger partial charge < -0.3 is 9.47 Å². The molecule has 61 heavy (non-hydrogen) atoms. The summed E-state index contributed by atoms with van der Waals surface area (Å²) < 4.78 is 2.48. The average molecular weight is 779 g/mol. The first kappa shape index (κ1) is 36.2. The minimum absolute atomic E-state index is 1.09. The van der Waals surface area contributed by atoms with Gasteiger partial charge in [0.25, 0.3) is 0 Å². The zero-order valence-corrected chi connectivity index (χ0v) is 33.9. The van der Waals surface area contributed by atoms with Crippen LogP contribution in [0.15, 0.2) is 237 Å². The van der Waals surface area contributed by atoms with Crippen LogP contribution >= 0.6 is 0 Å². The van der Waals surface area contributed by atoms with Gasteiger partial charge in [0.15, 0.2) is 0 Å². The number of anilines is 3. The molecule has 0 radical (unpaired) electrons. The molecule has 0 saturated carbocycles. The molecule has 0 fully saturated rings. The van der Waals surface area contributed by atoms with Crippen LogP contribution in [0.25, 0.3) is 82.8 Å². The highest BCUT2D eigenvalue weighted by atomic mass is 15.2. The third-order valence-corrected chi connectivity index (χ3v) is 12.1. The Morgan fingerprint density at radius 1 is 0.361 bits per heavy atom. The van der Waals surface area contributed by atoms with Crippen molar-refractivity contribution < 1.29 is 0 Å². The molecular weight excluding hydrogens is 737 g/mol. The number of para-hydroxylation sites is 2. The van der Waals surface area contributed by atoms with Gasteiger partial charge in [0.05, 0.1) is 28.1 Å². The Balaban J connectivity index is 1.14. The standard InChI is InChI=1S/C59H42N2/c1-41-16-14-27-55(58(41)49-35-32-44-21-8-9-22-48(44)40-49)61-54-26-13-11-24-52(54)59-56(28-15-29-57(59)61)60(50-38-36-46(37-39-50)43-19-6-3-7-20-43)53-25-12-10-23-51(53)47-33-30-45(31-34-47)42-17-4-2-5-18-42/h2-40H,1H3. The molecule has 1 heterocycles. The van der Waals surface area contributed by atoms with Crippen LogP contribution < -0.4 is 4.90 Å². The number of fused-ring (bicyclic) bond motifs is 4. The van der Waals surface area contributed by atoms with Crippen molar-refractivity contribution in [3.63, 3.8) is 0 Å². The molecule has 2 nitrogen and oxygen atoms in total. The number of aryl methyl sites for hydroxylation is 1. The van der Waals surface area contributed by atoms with E-state index < -0.39 is 0 Å². The van der Waals surface area contributed by atoms with E-state index in [0.29, 0.717) is 0 Å². The molecule has 0 bridgehead atoms. The maximum absolute atomic E-state index is 2.48. The zero-order valence-electron chi connectivity index (χ0n) is 33.9. The SMILES string of the molecule is Cc1cccc(-n2c3ccccc3c3c(N(c4ccc(-c5ccccc5)cc4)c4ccccc4-c4ccc(-c5ccccc5)cc4)cccc32)c1-c1ccc2ccccc2c1. The molecule has 1 aromatic heterocycles. The van der Waals surface area contributed by atoms with Crippen LogP contribution in [0, 0.1) is 6.92 Å². The summed E-state index contributed by atoms with van der Waals surface area (Å²) in [6.45, 7) is 2.23. The van der Waals surface area contributed by atoms with Crippen LogP contribution in [-0.2, 0) is 0 Å². The van der Waals surface area contributed by atoms with E-state index in [0.717, 1.165) is 39.4 Å². The quantitative estimate of drug-likeness (QED) is 0.149. The maximum Gasteiger partial charge on any atom is 0.0562 e. The fourth-order valence-corrected chi connectivity index (χ4v) is 9.23. The van der Waals surface area contributed by atoms with Gasteiger partial charge in [-0.15, -0.1) is 0 Å². The summed E-state index contributed by atoms with van der Waals surface area (Å²) in [6, 6.07) is 86.0. The molecule has 11 aromatic rings. The third kappa shape index (κ3) is 6.46. The summed E-state index contributed by atoms with van der Waals surface area (Å²) in [5.41, 5.74) is 17.6. The lowest BCUT2D eigenvalue weighted by Gasteiger charge is -2.29. The van der Waals surface area contributed by atoms with Gasteiger partial charge in [-0.3, -0.25) is 0 Å². The summed E-state index contributed by atoms with van der Waals surface area (Å²) in [5.74, 6) is 0. The lowest BCUT2D eigenvalue weighted by Crippen LogP contribution is -2.11. The number of benzene rings is 10. The number of aromatic nitrogens is 1. The average Bonchev–Trinajstić information content (AvgIpc) is 3.67. The van der Waals surface area contributed by atoms with Gasteiger partial charge in [-0.25, -0.2) is 0 Å². The summed E-state index contributed by atoms with van der Waals surface area (Å²) in [5, 5.41) is 4.88. The summed E-state index contributed by atoms with van der Waals surface area (Å²) in [4.78, 5) is 2.47. The Morgan fingerprint density at radius 3 is 1.66 bits per heavy atom. The van der Waals surface area contributed by atoms with Crippen LogP contribution in [0.3, 0.4) is 0 Å². The summed E-state index contributed by atoms with van der Waals surface area (Å²) in [6.07, 6.45) is 0. The van der Waals surface area contributed by atoms with E-state index in [1.54, 1.807) is 0 Å². The van der Waals surface area contributed by atoms with Gasteiger partial charge in [-0.05, 0) is 105 Å². The van der Waals surface area contributed by atoms with Crippen molar-refractivity contribution in [2.45, 2.75) is 6.92 Å². The second-order valence-corrected chi connectivity index (χ2v) is 15.8. The van der Waals surface area contributed by atoms with E-state index in [9.17, 15) is 0 Å².